The molecule has 2 amide bonds. The van der Waals surface area contributed by atoms with E-state index in [1.165, 1.54) is 16.4 Å². The Kier molecular flexibility index (Phi) is 11.1. The summed E-state index contributed by atoms with van der Waals surface area (Å²) in [5.41, 5.74) is 8.91. The molecule has 1 atom stereocenters. The number of aromatic nitrogens is 3. The van der Waals surface area contributed by atoms with Crippen molar-refractivity contribution in [1.82, 2.24) is 29.5 Å². The summed E-state index contributed by atoms with van der Waals surface area (Å²) < 4.78 is 37.3. The molecule has 1 saturated heterocycles. The number of carbonyl (C=O) groups is 2. The van der Waals surface area contributed by atoms with Gasteiger partial charge in [0.15, 0.2) is 0 Å². The molecule has 1 fully saturated rings. The van der Waals surface area contributed by atoms with Crippen LogP contribution >= 0.6 is 23.2 Å². The zero-order chi connectivity index (χ0) is 37.0. The number of rotatable bonds is 13. The first-order valence-electron chi connectivity index (χ1n) is 16.5. The van der Waals surface area contributed by atoms with Gasteiger partial charge in [-0.1, -0.05) is 47.5 Å². The number of nitrogens with zero attached hydrogens (tertiary/aromatic N) is 4. The highest BCUT2D eigenvalue weighted by Crippen LogP contribution is 2.37. The summed E-state index contributed by atoms with van der Waals surface area (Å²) in [7, 11) is -4.22. The Labute approximate surface area is 310 Å². The largest absolute Gasteiger partial charge is 0.487 e. The molecule has 2 aromatic heterocycles. The Morgan fingerprint density at radius 2 is 1.81 bits per heavy atom. The Hall–Kier alpha value is -5.02. The molecule has 0 bridgehead atoms. The number of nitrogen functional groups attached to an aromatic ring is 1. The van der Waals surface area contributed by atoms with Crippen LogP contribution in [0.5, 0.6) is 5.75 Å². The summed E-state index contributed by atoms with van der Waals surface area (Å²) in [4.78, 5) is 34.3. The summed E-state index contributed by atoms with van der Waals surface area (Å²) in [6.07, 6.45) is 6.48. The number of amidine groups is 1. The van der Waals surface area contributed by atoms with E-state index >= 15 is 0 Å². The molecule has 0 spiro atoms. The van der Waals surface area contributed by atoms with Crippen molar-refractivity contribution in [1.29, 1.82) is 5.41 Å². The van der Waals surface area contributed by atoms with Gasteiger partial charge in [0, 0.05) is 64.8 Å². The van der Waals surface area contributed by atoms with E-state index in [4.69, 9.17) is 44.1 Å². The van der Waals surface area contributed by atoms with Gasteiger partial charge in [-0.2, -0.15) is 4.31 Å². The van der Waals surface area contributed by atoms with Crippen LogP contribution in [0, 0.1) is 12.3 Å². The summed E-state index contributed by atoms with van der Waals surface area (Å²) in [5, 5.41) is 14.0. The lowest BCUT2D eigenvalue weighted by Gasteiger charge is -2.24. The number of carbonyl (C=O) groups excluding carboxylic acids is 2. The number of pyridine rings is 1. The third-order valence-electron chi connectivity index (χ3n) is 8.70. The second-order valence-electron chi connectivity index (χ2n) is 12.2. The van der Waals surface area contributed by atoms with Gasteiger partial charge < -0.3 is 25.7 Å². The van der Waals surface area contributed by atoms with E-state index in [1.54, 1.807) is 42.9 Å². The van der Waals surface area contributed by atoms with Gasteiger partial charge in [0.25, 0.3) is 5.91 Å². The van der Waals surface area contributed by atoms with Crippen molar-refractivity contribution < 1.29 is 22.7 Å². The minimum Gasteiger partial charge on any atom is -0.487 e. The van der Waals surface area contributed by atoms with E-state index in [-0.39, 0.29) is 58.5 Å². The molecule has 1 aliphatic rings. The van der Waals surface area contributed by atoms with Crippen LogP contribution < -0.4 is 21.1 Å². The maximum atomic E-state index is 14.0. The Bertz CT molecular complexity index is 2250. The van der Waals surface area contributed by atoms with Crippen LogP contribution in [0.25, 0.3) is 16.6 Å². The number of benzene rings is 3. The van der Waals surface area contributed by atoms with Crippen LogP contribution in [-0.4, -0.2) is 70.6 Å². The van der Waals surface area contributed by atoms with Crippen molar-refractivity contribution in [2.45, 2.75) is 43.7 Å². The second-order valence-corrected chi connectivity index (χ2v) is 14.8. The van der Waals surface area contributed by atoms with Crippen molar-refractivity contribution in [2.24, 2.45) is 5.73 Å². The van der Waals surface area contributed by atoms with E-state index < -0.39 is 22.0 Å². The van der Waals surface area contributed by atoms with Gasteiger partial charge in [-0.15, -0.1) is 0 Å². The molecule has 0 saturated carbocycles. The average Bonchev–Trinajstić information content (AvgIpc) is 3.85. The molecule has 5 N–H and O–H groups in total. The van der Waals surface area contributed by atoms with E-state index in [9.17, 15) is 18.0 Å². The summed E-state index contributed by atoms with van der Waals surface area (Å²) in [6.45, 7) is 2.39. The molecule has 5 aromatic rings. The second kappa shape index (κ2) is 15.7. The fourth-order valence-electron chi connectivity index (χ4n) is 6.06. The number of para-hydroxylation sites is 1. The van der Waals surface area contributed by atoms with Crippen LogP contribution in [0.15, 0.2) is 84.3 Å². The molecule has 1 aliphatic heterocycles. The average molecular weight is 764 g/mol. The molecule has 270 valence electrons. The van der Waals surface area contributed by atoms with Crippen LogP contribution in [0.4, 0.5) is 0 Å². The lowest BCUT2D eigenvalue weighted by molar-refractivity contribution is -0.124. The van der Waals surface area contributed by atoms with E-state index in [2.05, 4.69) is 15.6 Å². The third kappa shape index (κ3) is 7.75. The zero-order valence-corrected chi connectivity index (χ0v) is 30.4. The van der Waals surface area contributed by atoms with Crippen LogP contribution in [0.3, 0.4) is 0 Å². The maximum absolute atomic E-state index is 14.0. The minimum absolute atomic E-state index is 0.0887. The van der Waals surface area contributed by atoms with E-state index in [1.807, 2.05) is 35.9 Å². The number of hydrogen-bond acceptors (Lipinski definition) is 8. The van der Waals surface area contributed by atoms with Gasteiger partial charge in [0.2, 0.25) is 15.9 Å². The van der Waals surface area contributed by atoms with Crippen LogP contribution in [-0.2, 0) is 21.4 Å². The Morgan fingerprint density at radius 1 is 1.06 bits per heavy atom. The van der Waals surface area contributed by atoms with Crippen molar-refractivity contribution in [3.05, 3.63) is 112 Å². The first-order valence-corrected chi connectivity index (χ1v) is 18.7. The maximum Gasteiger partial charge on any atom is 0.251 e. The van der Waals surface area contributed by atoms with Crippen molar-refractivity contribution in [3.8, 4) is 11.4 Å². The number of halogens is 2. The summed E-state index contributed by atoms with van der Waals surface area (Å²) in [5.74, 6) is -0.367. The molecular formula is C36H36Cl2N8O5S. The van der Waals surface area contributed by atoms with Gasteiger partial charge in [0.1, 0.15) is 34.6 Å². The van der Waals surface area contributed by atoms with Gasteiger partial charge in [-0.25, -0.2) is 18.4 Å². The standard InChI is InChI=1S/C36H36Cl2N8O5S/c1-22-19-29(45-18-16-41-21-45)25-5-2-7-30(33(25)44-22)51-20-26-27(37)12-13-31(32(26)38)52(49,50)46-17-3-6-28(46)36(48)43-15-4-14-42-35(47)24-10-8-23(9-11-24)34(39)40/h2,5,7-13,16,18-19,21,28H,3-4,6,14-15,17,20H2,1H3,(H3,39,40)(H,42,47)(H,43,48)/t28-/m0/s1. The minimum atomic E-state index is -4.22. The predicted octanol–water partition coefficient (Wildman–Crippen LogP) is 4.99. The Balaban J connectivity index is 1.10. The number of imidazole rings is 1. The van der Waals surface area contributed by atoms with Gasteiger partial charge >= 0.3 is 0 Å². The van der Waals surface area contributed by atoms with E-state index in [0.717, 1.165) is 16.8 Å². The van der Waals surface area contributed by atoms with Gasteiger partial charge in [-0.3, -0.25) is 15.0 Å². The molecule has 52 heavy (non-hydrogen) atoms. The number of ether oxygens (including phenoxy) is 1. The molecule has 6 rings (SSSR count). The van der Waals surface area contributed by atoms with Gasteiger partial charge in [0.05, 0.1) is 17.0 Å². The molecule has 0 unspecified atom stereocenters. The molecular weight excluding hydrogens is 727 g/mol. The predicted molar refractivity (Wildman–Crippen MR) is 199 cm³/mol. The first-order chi connectivity index (χ1) is 25.0. The topological polar surface area (TPSA) is 185 Å². The number of amides is 2. The van der Waals surface area contributed by atoms with Crippen molar-refractivity contribution in [3.63, 3.8) is 0 Å². The van der Waals surface area contributed by atoms with E-state index in [0.29, 0.717) is 41.7 Å². The lowest BCUT2D eigenvalue weighted by Crippen LogP contribution is -2.46. The molecule has 3 heterocycles. The number of fused-ring (bicyclic) bond motifs is 1. The molecule has 0 radical (unpaired) electrons. The molecule has 0 aliphatic carbocycles. The monoisotopic (exact) mass is 762 g/mol. The highest BCUT2D eigenvalue weighted by molar-refractivity contribution is 7.89. The first kappa shape index (κ1) is 36.8. The molecule has 16 heteroatoms. The highest BCUT2D eigenvalue weighted by atomic mass is 35.5. The van der Waals surface area contributed by atoms with Gasteiger partial charge in [-0.05, 0) is 62.6 Å². The SMILES string of the molecule is Cc1cc(-n2ccnc2)c2cccc(OCc3c(Cl)ccc(S(=O)(=O)N4CCC[C@H]4C(=O)NCCCNC(=O)c4ccc(C(=N)N)cc4)c3Cl)c2n1. The number of aryl methyl sites for hydroxylation is 1. The summed E-state index contributed by atoms with van der Waals surface area (Å²) in [6, 6.07) is 15.7. The number of nitrogens with two attached hydrogens (primary N) is 1. The zero-order valence-electron chi connectivity index (χ0n) is 28.1. The number of sulfonamides is 1. The fraction of sp³-hybridized carbons (Fsp3) is 0.250. The smallest absolute Gasteiger partial charge is 0.251 e. The van der Waals surface area contributed by atoms with Crippen LogP contribution in [0.2, 0.25) is 10.0 Å². The lowest BCUT2D eigenvalue weighted by atomic mass is 10.1. The normalized spacial score (nSPS) is 14.7. The van der Waals surface area contributed by atoms with Crippen LogP contribution in [0.1, 0.15) is 46.4 Å². The molecule has 3 aromatic carbocycles. The number of hydrogen-bond donors (Lipinski definition) is 4. The Morgan fingerprint density at radius 3 is 2.54 bits per heavy atom. The van der Waals surface area contributed by atoms with Crippen molar-refractivity contribution >= 4 is 61.8 Å². The third-order valence-corrected chi connectivity index (χ3v) is 11.6. The molecule has 13 nitrogen and oxygen atoms in total. The number of nitrogens with one attached hydrogen (secondary N) is 3. The highest BCUT2D eigenvalue weighted by Gasteiger charge is 2.40. The summed E-state index contributed by atoms with van der Waals surface area (Å²) >= 11 is 13.3. The van der Waals surface area contributed by atoms with Crippen molar-refractivity contribution in [2.75, 3.05) is 19.6 Å². The fourth-order valence-corrected chi connectivity index (χ4v) is 8.58. The quantitative estimate of drug-likeness (QED) is 0.0735.